The highest BCUT2D eigenvalue weighted by atomic mass is 16.6. The fourth-order valence-electron chi connectivity index (χ4n) is 3.31. The number of esters is 2. The lowest BCUT2D eigenvalue weighted by Crippen LogP contribution is -2.32. The van der Waals surface area contributed by atoms with Crippen molar-refractivity contribution in [1.82, 2.24) is 0 Å². The summed E-state index contributed by atoms with van der Waals surface area (Å²) in [6.07, 6.45) is 0. The molecule has 0 aliphatic carbocycles. The third-order valence-electron chi connectivity index (χ3n) is 5.35. The van der Waals surface area contributed by atoms with E-state index in [9.17, 15) is 9.59 Å². The molecule has 0 bridgehead atoms. The number of hydrogen-bond acceptors (Lipinski definition) is 8. The summed E-state index contributed by atoms with van der Waals surface area (Å²) in [4.78, 5) is 24.5. The van der Waals surface area contributed by atoms with Crippen LogP contribution in [0, 0.1) is 11.8 Å². The van der Waals surface area contributed by atoms with Crippen LogP contribution in [0.25, 0.3) is 10.8 Å². The molecule has 8 heteroatoms. The molecule has 0 spiro atoms. The molecule has 172 valence electrons. The minimum atomic E-state index is -0.403. The summed E-state index contributed by atoms with van der Waals surface area (Å²) in [5.41, 5.74) is 0.906. The summed E-state index contributed by atoms with van der Waals surface area (Å²) in [6, 6.07) is 10.4. The highest BCUT2D eigenvalue weighted by Gasteiger charge is 2.19. The van der Waals surface area contributed by atoms with Gasteiger partial charge in [0.2, 0.25) is 0 Å². The summed E-state index contributed by atoms with van der Waals surface area (Å²) < 4.78 is 31.7. The van der Waals surface area contributed by atoms with Gasteiger partial charge in [0.1, 0.15) is 13.2 Å². The number of carbonyl (C=O) groups is 2. The Balaban J connectivity index is 1.21. The second-order valence-electron chi connectivity index (χ2n) is 8.01. The first-order valence-corrected chi connectivity index (χ1v) is 10.9. The Labute approximate surface area is 186 Å². The average molecular weight is 444 g/mol. The van der Waals surface area contributed by atoms with Crippen LogP contribution in [0.2, 0.25) is 0 Å². The molecule has 2 aromatic carbocycles. The molecule has 0 saturated carbocycles. The van der Waals surface area contributed by atoms with Gasteiger partial charge in [-0.3, -0.25) is 0 Å². The van der Waals surface area contributed by atoms with Crippen molar-refractivity contribution in [1.29, 1.82) is 0 Å². The normalized spacial score (nSPS) is 16.4. The Morgan fingerprint density at radius 1 is 0.688 bits per heavy atom. The molecule has 0 N–H and O–H groups in total. The molecule has 0 amide bonds. The van der Waals surface area contributed by atoms with Gasteiger partial charge in [0.05, 0.1) is 64.0 Å². The summed E-state index contributed by atoms with van der Waals surface area (Å²) in [6.45, 7) is 5.33. The Kier molecular flexibility index (Phi) is 8.06. The van der Waals surface area contributed by atoms with Crippen molar-refractivity contribution in [2.45, 2.75) is 0 Å². The standard InChI is InChI=1S/C24H28O8/c25-23(31-7-5-27-11-17-13-29-14-17)21-3-1-19-9-22(4-2-20(19)10-21)24(26)32-8-6-28-12-18-15-30-16-18/h1-4,9-10,17-18H,5-8,11-16H2. The Hall–Kier alpha value is -2.52. The molecule has 2 saturated heterocycles. The van der Waals surface area contributed by atoms with Crippen molar-refractivity contribution in [3.05, 3.63) is 47.5 Å². The molecule has 2 aliphatic rings. The van der Waals surface area contributed by atoms with Crippen molar-refractivity contribution < 1.29 is 38.0 Å². The lowest BCUT2D eigenvalue weighted by molar-refractivity contribution is -0.0755. The van der Waals surface area contributed by atoms with Gasteiger partial charge in [0.25, 0.3) is 0 Å². The molecule has 8 nitrogen and oxygen atoms in total. The van der Waals surface area contributed by atoms with Gasteiger partial charge >= 0.3 is 11.9 Å². The van der Waals surface area contributed by atoms with E-state index in [1.807, 2.05) is 0 Å². The number of fused-ring (bicyclic) bond motifs is 1. The Morgan fingerprint density at radius 3 is 1.50 bits per heavy atom. The number of carbonyl (C=O) groups excluding carboxylic acids is 2. The largest absolute Gasteiger partial charge is 0.460 e. The van der Waals surface area contributed by atoms with Crippen molar-refractivity contribution >= 4 is 22.7 Å². The SMILES string of the molecule is O=C(OCCOCC1COC1)c1ccc2cc(C(=O)OCCOCC3COC3)ccc2c1. The smallest absolute Gasteiger partial charge is 0.338 e. The van der Waals surface area contributed by atoms with E-state index in [2.05, 4.69) is 0 Å². The van der Waals surface area contributed by atoms with Gasteiger partial charge in [0.15, 0.2) is 0 Å². The van der Waals surface area contributed by atoms with E-state index in [4.69, 9.17) is 28.4 Å². The van der Waals surface area contributed by atoms with Crippen molar-refractivity contribution in [3.63, 3.8) is 0 Å². The van der Waals surface area contributed by atoms with Crippen molar-refractivity contribution in [2.75, 3.05) is 66.1 Å². The first-order valence-electron chi connectivity index (χ1n) is 10.9. The molecule has 4 rings (SSSR count). The van der Waals surface area contributed by atoms with Crippen LogP contribution in [0.4, 0.5) is 0 Å². The lowest BCUT2D eigenvalue weighted by atomic mass is 10.0. The van der Waals surface area contributed by atoms with Gasteiger partial charge in [-0.2, -0.15) is 0 Å². The first-order chi connectivity index (χ1) is 15.7. The second-order valence-corrected chi connectivity index (χ2v) is 8.01. The topological polar surface area (TPSA) is 89.5 Å². The quantitative estimate of drug-likeness (QED) is 0.364. The number of rotatable bonds is 12. The van der Waals surface area contributed by atoms with Crippen LogP contribution in [0.3, 0.4) is 0 Å². The zero-order valence-electron chi connectivity index (χ0n) is 18.0. The van der Waals surface area contributed by atoms with Gasteiger partial charge in [-0.25, -0.2) is 9.59 Å². The highest BCUT2D eigenvalue weighted by molar-refractivity contribution is 5.99. The Bertz CT molecular complexity index is 844. The molecular formula is C24H28O8. The fraction of sp³-hybridized carbons (Fsp3) is 0.500. The zero-order valence-corrected chi connectivity index (χ0v) is 18.0. The molecule has 2 aromatic rings. The van der Waals surface area contributed by atoms with Gasteiger partial charge in [-0.05, 0) is 35.0 Å². The van der Waals surface area contributed by atoms with Crippen LogP contribution in [0.5, 0.6) is 0 Å². The van der Waals surface area contributed by atoms with E-state index in [1.54, 1.807) is 36.4 Å². The van der Waals surface area contributed by atoms with Crippen LogP contribution in [0.1, 0.15) is 20.7 Å². The van der Waals surface area contributed by atoms with Gasteiger partial charge in [0, 0.05) is 11.8 Å². The van der Waals surface area contributed by atoms with E-state index in [1.165, 1.54) is 0 Å². The predicted molar refractivity (Wildman–Crippen MR) is 115 cm³/mol. The zero-order chi connectivity index (χ0) is 22.2. The molecule has 0 atom stereocenters. The number of ether oxygens (including phenoxy) is 6. The Morgan fingerprint density at radius 2 is 1.12 bits per heavy atom. The number of hydrogen-bond donors (Lipinski definition) is 0. The van der Waals surface area contributed by atoms with Crippen LogP contribution in [-0.2, 0) is 28.4 Å². The van der Waals surface area contributed by atoms with Gasteiger partial charge < -0.3 is 28.4 Å². The molecule has 0 aromatic heterocycles. The summed E-state index contributed by atoms with van der Waals surface area (Å²) in [5, 5.41) is 1.67. The molecule has 2 fully saturated rings. The lowest BCUT2D eigenvalue weighted by Gasteiger charge is -2.25. The van der Waals surface area contributed by atoms with E-state index >= 15 is 0 Å². The van der Waals surface area contributed by atoms with Gasteiger partial charge in [-0.15, -0.1) is 0 Å². The van der Waals surface area contributed by atoms with Crippen LogP contribution in [0.15, 0.2) is 36.4 Å². The minimum Gasteiger partial charge on any atom is -0.460 e. The van der Waals surface area contributed by atoms with Crippen molar-refractivity contribution in [3.8, 4) is 0 Å². The average Bonchev–Trinajstić information content (AvgIpc) is 2.74. The number of benzene rings is 2. The maximum atomic E-state index is 12.3. The van der Waals surface area contributed by atoms with E-state index in [-0.39, 0.29) is 13.2 Å². The van der Waals surface area contributed by atoms with Crippen molar-refractivity contribution in [2.24, 2.45) is 11.8 Å². The van der Waals surface area contributed by atoms with E-state index in [0.29, 0.717) is 49.4 Å². The molecule has 0 radical (unpaired) electrons. The predicted octanol–water partition coefficient (Wildman–Crippen LogP) is 2.48. The second kappa shape index (κ2) is 11.4. The van der Waals surface area contributed by atoms with Crippen LogP contribution in [-0.4, -0.2) is 78.0 Å². The molecular weight excluding hydrogens is 416 g/mol. The third kappa shape index (κ3) is 6.26. The summed E-state index contributed by atoms with van der Waals surface area (Å²) >= 11 is 0. The highest BCUT2D eigenvalue weighted by Crippen LogP contribution is 2.19. The molecule has 32 heavy (non-hydrogen) atoms. The minimum absolute atomic E-state index is 0.202. The molecule has 2 heterocycles. The summed E-state index contributed by atoms with van der Waals surface area (Å²) in [7, 11) is 0. The van der Waals surface area contributed by atoms with Crippen LogP contribution < -0.4 is 0 Å². The molecule has 2 aliphatic heterocycles. The van der Waals surface area contributed by atoms with Crippen LogP contribution >= 0.6 is 0 Å². The van der Waals surface area contributed by atoms with E-state index in [0.717, 1.165) is 37.2 Å². The van der Waals surface area contributed by atoms with E-state index < -0.39 is 11.9 Å². The summed E-state index contributed by atoms with van der Waals surface area (Å²) in [5.74, 6) is 0.0993. The third-order valence-corrected chi connectivity index (χ3v) is 5.35. The molecule has 0 unspecified atom stereocenters. The maximum absolute atomic E-state index is 12.3. The first kappa shape index (κ1) is 22.7. The fourth-order valence-corrected chi connectivity index (χ4v) is 3.31. The van der Waals surface area contributed by atoms with Gasteiger partial charge in [-0.1, -0.05) is 12.1 Å². The maximum Gasteiger partial charge on any atom is 0.338 e. The monoisotopic (exact) mass is 444 g/mol.